The van der Waals surface area contributed by atoms with Gasteiger partial charge >= 0.3 is 11.9 Å². The quantitative estimate of drug-likeness (QED) is 0.596. The lowest BCUT2D eigenvalue weighted by Crippen LogP contribution is -2.17. The Morgan fingerprint density at radius 3 is 2.83 bits per heavy atom. The largest absolute Gasteiger partial charge is 0.481 e. The van der Waals surface area contributed by atoms with E-state index in [0.717, 1.165) is 16.1 Å². The molecule has 1 atom stereocenters. The third-order valence-corrected chi connectivity index (χ3v) is 5.62. The summed E-state index contributed by atoms with van der Waals surface area (Å²) in [5, 5.41) is 14.9. The summed E-state index contributed by atoms with van der Waals surface area (Å²) in [6.45, 7) is 2.00. The Kier molecular flexibility index (Phi) is 6.77. The van der Waals surface area contributed by atoms with Crippen molar-refractivity contribution in [2.45, 2.75) is 29.9 Å². The molecular weight excluding hydrogens is 392 g/mol. The molecule has 0 fully saturated rings. The number of amides is 1. The molecule has 29 heavy (non-hydrogen) atoms. The molecule has 1 unspecified atom stereocenters. The van der Waals surface area contributed by atoms with Crippen molar-refractivity contribution >= 4 is 41.0 Å². The van der Waals surface area contributed by atoms with E-state index in [1.54, 1.807) is 24.8 Å². The number of hydrogen-bond acceptors (Lipinski definition) is 6. The molecule has 0 saturated carbocycles. The van der Waals surface area contributed by atoms with Crippen molar-refractivity contribution in [2.24, 2.45) is 0 Å². The fourth-order valence-electron chi connectivity index (χ4n) is 3.09. The van der Waals surface area contributed by atoms with Gasteiger partial charge in [-0.15, -0.1) is 11.8 Å². The standard InChI is InChI=1S/C21H22N2O5S/c1-2-28-21(27)12-22-15-8-13(9-20(25)26)7-14(10-15)18-11-19(24)23-16-5-3-4-6-17(16)29-18/h3-8,10,18,22H,2,9,11-12H2,1H3,(H,23,24)(H,25,26). The van der Waals surface area contributed by atoms with Crippen LogP contribution in [0, 0.1) is 0 Å². The number of fused-ring (bicyclic) bond motifs is 1. The maximum absolute atomic E-state index is 12.4. The van der Waals surface area contributed by atoms with Crippen molar-refractivity contribution in [2.75, 3.05) is 23.8 Å². The van der Waals surface area contributed by atoms with E-state index in [-0.39, 0.29) is 37.2 Å². The summed E-state index contributed by atoms with van der Waals surface area (Å²) in [5.41, 5.74) is 2.81. The lowest BCUT2D eigenvalue weighted by molar-refractivity contribution is -0.141. The molecular formula is C21H22N2O5S. The molecule has 7 nitrogen and oxygen atoms in total. The number of anilines is 2. The smallest absolute Gasteiger partial charge is 0.325 e. The van der Waals surface area contributed by atoms with Crippen LogP contribution in [-0.4, -0.2) is 36.1 Å². The van der Waals surface area contributed by atoms with E-state index in [1.807, 2.05) is 36.4 Å². The number of aliphatic carboxylic acids is 1. The van der Waals surface area contributed by atoms with Gasteiger partial charge in [-0.1, -0.05) is 18.2 Å². The Morgan fingerprint density at radius 1 is 1.28 bits per heavy atom. The van der Waals surface area contributed by atoms with Gasteiger partial charge in [-0.2, -0.15) is 0 Å². The van der Waals surface area contributed by atoms with Crippen LogP contribution in [0.15, 0.2) is 47.4 Å². The van der Waals surface area contributed by atoms with E-state index in [2.05, 4.69) is 10.6 Å². The Hall–Kier alpha value is -3.00. The second kappa shape index (κ2) is 9.47. The number of esters is 1. The van der Waals surface area contributed by atoms with E-state index in [1.165, 1.54) is 0 Å². The van der Waals surface area contributed by atoms with Gasteiger partial charge in [0.25, 0.3) is 0 Å². The summed E-state index contributed by atoms with van der Waals surface area (Å²) in [4.78, 5) is 36.2. The number of ether oxygens (including phenoxy) is 1. The molecule has 0 spiro atoms. The molecule has 0 saturated heterocycles. The monoisotopic (exact) mass is 414 g/mol. The maximum atomic E-state index is 12.4. The van der Waals surface area contributed by atoms with Crippen molar-refractivity contribution < 1.29 is 24.2 Å². The molecule has 3 N–H and O–H groups in total. The van der Waals surface area contributed by atoms with Crippen LogP contribution in [-0.2, 0) is 25.5 Å². The molecule has 3 rings (SSSR count). The summed E-state index contributed by atoms with van der Waals surface area (Å²) in [5.74, 6) is -1.44. The SMILES string of the molecule is CCOC(=O)CNc1cc(CC(=O)O)cc(C2CC(=O)Nc3ccccc3S2)c1. The number of benzene rings is 2. The molecule has 152 valence electrons. The third kappa shape index (κ3) is 5.74. The number of carbonyl (C=O) groups excluding carboxylic acids is 2. The van der Waals surface area contributed by atoms with Gasteiger partial charge in [-0.3, -0.25) is 14.4 Å². The fourth-order valence-corrected chi connectivity index (χ4v) is 4.31. The predicted octanol–water partition coefficient (Wildman–Crippen LogP) is 3.46. The summed E-state index contributed by atoms with van der Waals surface area (Å²) < 4.78 is 4.92. The number of carbonyl (C=O) groups is 3. The first kappa shape index (κ1) is 20.7. The lowest BCUT2D eigenvalue weighted by atomic mass is 10.0. The van der Waals surface area contributed by atoms with Gasteiger partial charge in [-0.05, 0) is 42.3 Å². The average Bonchev–Trinajstić information content (AvgIpc) is 2.84. The second-order valence-corrected chi connectivity index (χ2v) is 7.79. The number of hydrogen-bond donors (Lipinski definition) is 3. The minimum Gasteiger partial charge on any atom is -0.481 e. The van der Waals surface area contributed by atoms with Gasteiger partial charge in [0.15, 0.2) is 0 Å². The fraction of sp³-hybridized carbons (Fsp3) is 0.286. The van der Waals surface area contributed by atoms with Crippen LogP contribution in [0.4, 0.5) is 11.4 Å². The molecule has 0 aliphatic carbocycles. The molecule has 2 aromatic rings. The highest BCUT2D eigenvalue weighted by molar-refractivity contribution is 7.99. The predicted molar refractivity (Wildman–Crippen MR) is 111 cm³/mol. The number of nitrogens with one attached hydrogen (secondary N) is 2. The average molecular weight is 414 g/mol. The zero-order valence-electron chi connectivity index (χ0n) is 15.9. The Balaban J connectivity index is 1.90. The Morgan fingerprint density at radius 2 is 2.07 bits per heavy atom. The highest BCUT2D eigenvalue weighted by Gasteiger charge is 2.24. The molecule has 8 heteroatoms. The zero-order valence-corrected chi connectivity index (χ0v) is 16.8. The highest BCUT2D eigenvalue weighted by atomic mass is 32.2. The highest BCUT2D eigenvalue weighted by Crippen LogP contribution is 2.44. The molecule has 1 heterocycles. The van der Waals surface area contributed by atoms with Crippen molar-refractivity contribution in [1.29, 1.82) is 0 Å². The molecule has 1 amide bonds. The second-order valence-electron chi connectivity index (χ2n) is 6.55. The number of thioether (sulfide) groups is 1. The van der Waals surface area contributed by atoms with Gasteiger partial charge in [-0.25, -0.2) is 0 Å². The van der Waals surface area contributed by atoms with Crippen molar-refractivity contribution in [1.82, 2.24) is 0 Å². The van der Waals surface area contributed by atoms with Gasteiger partial charge in [0.2, 0.25) is 5.91 Å². The molecule has 0 aromatic heterocycles. The van der Waals surface area contributed by atoms with Crippen LogP contribution in [0.2, 0.25) is 0 Å². The zero-order chi connectivity index (χ0) is 20.8. The van der Waals surface area contributed by atoms with E-state index in [0.29, 0.717) is 11.3 Å². The van der Waals surface area contributed by atoms with E-state index < -0.39 is 11.9 Å². The van der Waals surface area contributed by atoms with Gasteiger partial charge in [0.05, 0.1) is 18.7 Å². The van der Waals surface area contributed by atoms with Crippen LogP contribution >= 0.6 is 11.8 Å². The Bertz CT molecular complexity index is 931. The molecule has 2 aromatic carbocycles. The van der Waals surface area contributed by atoms with Gasteiger partial charge in [0, 0.05) is 22.3 Å². The van der Waals surface area contributed by atoms with Crippen LogP contribution in [0.3, 0.4) is 0 Å². The summed E-state index contributed by atoms with van der Waals surface area (Å²) in [6.07, 6.45) is 0.106. The van der Waals surface area contributed by atoms with Crippen LogP contribution in [0.25, 0.3) is 0 Å². The first-order chi connectivity index (χ1) is 13.9. The van der Waals surface area contributed by atoms with E-state index in [4.69, 9.17) is 4.74 Å². The molecule has 1 aliphatic rings. The van der Waals surface area contributed by atoms with Gasteiger partial charge in [0.1, 0.15) is 6.54 Å². The summed E-state index contributed by atoms with van der Waals surface area (Å²) in [7, 11) is 0. The van der Waals surface area contributed by atoms with Crippen LogP contribution < -0.4 is 10.6 Å². The van der Waals surface area contributed by atoms with Gasteiger partial charge < -0.3 is 20.5 Å². The topological polar surface area (TPSA) is 105 Å². The van der Waals surface area contributed by atoms with E-state index >= 15 is 0 Å². The first-order valence-electron chi connectivity index (χ1n) is 9.25. The van der Waals surface area contributed by atoms with Crippen molar-refractivity contribution in [3.8, 4) is 0 Å². The Labute approximate surface area is 172 Å². The van der Waals surface area contributed by atoms with Crippen LogP contribution in [0.1, 0.15) is 29.7 Å². The maximum Gasteiger partial charge on any atom is 0.325 e. The molecule has 0 bridgehead atoms. The number of rotatable bonds is 7. The minimum atomic E-state index is -0.949. The van der Waals surface area contributed by atoms with Crippen molar-refractivity contribution in [3.05, 3.63) is 53.6 Å². The lowest BCUT2D eigenvalue weighted by Gasteiger charge is -2.17. The number of carboxylic acids is 1. The summed E-state index contributed by atoms with van der Waals surface area (Å²) >= 11 is 1.55. The van der Waals surface area contributed by atoms with Crippen LogP contribution in [0.5, 0.6) is 0 Å². The normalized spacial score (nSPS) is 15.6. The number of para-hydroxylation sites is 1. The first-order valence-corrected chi connectivity index (χ1v) is 10.1. The van der Waals surface area contributed by atoms with E-state index in [9.17, 15) is 19.5 Å². The van der Waals surface area contributed by atoms with Crippen molar-refractivity contribution in [3.63, 3.8) is 0 Å². The molecule has 1 aliphatic heterocycles. The molecule has 0 radical (unpaired) electrons. The number of carboxylic acid groups (broad SMARTS) is 1. The summed E-state index contributed by atoms with van der Waals surface area (Å²) in [6, 6.07) is 12.9. The third-order valence-electron chi connectivity index (χ3n) is 4.29. The minimum absolute atomic E-state index is 0.0229.